The minimum Gasteiger partial charge on any atom is -0.493 e. The predicted molar refractivity (Wildman–Crippen MR) is 66.3 cm³/mol. The number of benzene rings is 1. The molecule has 0 aromatic heterocycles. The Balaban J connectivity index is 3.36. The Hall–Kier alpha value is -1.03. The van der Waals surface area contributed by atoms with Gasteiger partial charge in [-0.1, -0.05) is 0 Å². The summed E-state index contributed by atoms with van der Waals surface area (Å²) in [4.78, 5) is 11.0. The molecule has 0 heterocycles. The van der Waals surface area contributed by atoms with E-state index in [9.17, 15) is 4.79 Å². The molecule has 3 nitrogen and oxygen atoms in total. The number of hydrogen-bond donors (Lipinski definition) is 0. The van der Waals surface area contributed by atoms with Crippen LogP contribution in [0.2, 0.25) is 0 Å². The highest BCUT2D eigenvalue weighted by molar-refractivity contribution is 9.10. The third-order valence-electron chi connectivity index (χ3n) is 2.47. The Labute approximate surface area is 104 Å². The lowest BCUT2D eigenvalue weighted by Gasteiger charge is -2.20. The normalized spacial score (nSPS) is 11.1. The Morgan fingerprint density at radius 1 is 1.25 bits per heavy atom. The third kappa shape index (κ3) is 2.38. The van der Waals surface area contributed by atoms with E-state index in [-0.39, 0.29) is 0 Å². The first-order valence-electron chi connectivity index (χ1n) is 4.84. The Bertz CT molecular complexity index is 399. The molecule has 0 bridgehead atoms. The van der Waals surface area contributed by atoms with Crippen LogP contribution in [0.3, 0.4) is 0 Å². The SMILES string of the molecule is COc1cc(C(C)(C)C=O)cc(Br)c1OC. The molecular weight excluding hydrogens is 272 g/mol. The van der Waals surface area contributed by atoms with E-state index >= 15 is 0 Å². The highest BCUT2D eigenvalue weighted by Gasteiger charge is 2.23. The van der Waals surface area contributed by atoms with E-state index in [0.717, 1.165) is 16.3 Å². The second kappa shape index (κ2) is 4.87. The average molecular weight is 287 g/mol. The highest BCUT2D eigenvalue weighted by Crippen LogP contribution is 2.39. The second-order valence-electron chi connectivity index (χ2n) is 4.03. The first-order chi connectivity index (χ1) is 7.46. The number of halogens is 1. The van der Waals surface area contributed by atoms with Crippen molar-refractivity contribution < 1.29 is 14.3 Å². The zero-order valence-corrected chi connectivity index (χ0v) is 11.4. The van der Waals surface area contributed by atoms with Crippen molar-refractivity contribution >= 4 is 22.2 Å². The van der Waals surface area contributed by atoms with Crippen LogP contribution in [0, 0.1) is 0 Å². The van der Waals surface area contributed by atoms with Gasteiger partial charge in [0.15, 0.2) is 11.5 Å². The summed E-state index contributed by atoms with van der Waals surface area (Å²) < 4.78 is 11.2. The molecule has 0 aliphatic carbocycles. The number of rotatable bonds is 4. The van der Waals surface area contributed by atoms with Crippen molar-refractivity contribution in [3.8, 4) is 11.5 Å². The van der Waals surface area contributed by atoms with Crippen LogP contribution >= 0.6 is 15.9 Å². The van der Waals surface area contributed by atoms with Crippen LogP contribution < -0.4 is 9.47 Å². The summed E-state index contributed by atoms with van der Waals surface area (Å²) in [6.45, 7) is 3.71. The van der Waals surface area contributed by atoms with Crippen molar-refractivity contribution in [3.05, 3.63) is 22.2 Å². The van der Waals surface area contributed by atoms with Crippen molar-refractivity contribution in [3.63, 3.8) is 0 Å². The maximum Gasteiger partial charge on any atom is 0.174 e. The van der Waals surface area contributed by atoms with Crippen LogP contribution in [0.4, 0.5) is 0 Å². The summed E-state index contributed by atoms with van der Waals surface area (Å²) in [5.41, 5.74) is 0.342. The molecule has 88 valence electrons. The van der Waals surface area contributed by atoms with Gasteiger partial charge in [-0.05, 0) is 47.5 Å². The van der Waals surface area contributed by atoms with Crippen LogP contribution in [0.1, 0.15) is 19.4 Å². The molecule has 0 saturated carbocycles. The summed E-state index contributed by atoms with van der Waals surface area (Å²) in [7, 11) is 3.15. The molecule has 0 saturated heterocycles. The van der Waals surface area contributed by atoms with Crippen molar-refractivity contribution in [2.75, 3.05) is 14.2 Å². The molecule has 0 fully saturated rings. The summed E-state index contributed by atoms with van der Waals surface area (Å²) in [5, 5.41) is 0. The van der Waals surface area contributed by atoms with Gasteiger partial charge >= 0.3 is 0 Å². The fraction of sp³-hybridized carbons (Fsp3) is 0.417. The van der Waals surface area contributed by atoms with Gasteiger partial charge < -0.3 is 14.3 Å². The Morgan fingerprint density at radius 3 is 2.31 bits per heavy atom. The smallest absolute Gasteiger partial charge is 0.174 e. The topological polar surface area (TPSA) is 35.5 Å². The van der Waals surface area contributed by atoms with E-state index in [1.807, 2.05) is 26.0 Å². The summed E-state index contributed by atoms with van der Waals surface area (Å²) in [6.07, 6.45) is 0.917. The van der Waals surface area contributed by atoms with Gasteiger partial charge in [0, 0.05) is 5.41 Å². The lowest BCUT2D eigenvalue weighted by molar-refractivity contribution is -0.111. The molecule has 0 aliphatic heterocycles. The minimum atomic E-state index is -0.540. The fourth-order valence-electron chi connectivity index (χ4n) is 1.36. The second-order valence-corrected chi connectivity index (χ2v) is 4.89. The molecule has 0 radical (unpaired) electrons. The number of methoxy groups -OCH3 is 2. The maximum absolute atomic E-state index is 11.0. The molecule has 0 N–H and O–H groups in total. The lowest BCUT2D eigenvalue weighted by Crippen LogP contribution is -2.18. The molecular formula is C12H15BrO3. The Kier molecular flexibility index (Phi) is 3.97. The molecule has 1 rings (SSSR count). The van der Waals surface area contributed by atoms with E-state index in [4.69, 9.17) is 9.47 Å². The first kappa shape index (κ1) is 13.0. The summed E-state index contributed by atoms with van der Waals surface area (Å²) in [6, 6.07) is 3.69. The molecule has 0 atom stereocenters. The average Bonchev–Trinajstić information content (AvgIpc) is 2.27. The van der Waals surface area contributed by atoms with Gasteiger partial charge in [0.05, 0.1) is 18.7 Å². The lowest BCUT2D eigenvalue weighted by atomic mass is 9.86. The number of carbonyl (C=O) groups is 1. The highest BCUT2D eigenvalue weighted by atomic mass is 79.9. The van der Waals surface area contributed by atoms with E-state index in [2.05, 4.69) is 15.9 Å². The van der Waals surface area contributed by atoms with E-state index in [1.165, 1.54) is 0 Å². The van der Waals surface area contributed by atoms with Gasteiger partial charge in [0.25, 0.3) is 0 Å². The quantitative estimate of drug-likeness (QED) is 0.799. The number of aldehydes is 1. The van der Waals surface area contributed by atoms with E-state index < -0.39 is 5.41 Å². The standard InChI is InChI=1S/C12H15BrO3/c1-12(2,7-14)8-5-9(13)11(16-4)10(6-8)15-3/h5-7H,1-4H3. The summed E-state index contributed by atoms with van der Waals surface area (Å²) >= 11 is 3.40. The molecule has 0 unspecified atom stereocenters. The predicted octanol–water partition coefficient (Wildman–Crippen LogP) is 2.94. The molecule has 0 aliphatic rings. The van der Waals surface area contributed by atoms with E-state index in [0.29, 0.717) is 11.5 Å². The van der Waals surface area contributed by atoms with Crippen molar-refractivity contribution in [2.24, 2.45) is 0 Å². The molecule has 4 heteroatoms. The largest absolute Gasteiger partial charge is 0.493 e. The van der Waals surface area contributed by atoms with Crippen LogP contribution in [0.15, 0.2) is 16.6 Å². The van der Waals surface area contributed by atoms with Gasteiger partial charge in [-0.3, -0.25) is 0 Å². The zero-order chi connectivity index (χ0) is 12.3. The van der Waals surface area contributed by atoms with Gasteiger partial charge in [0.1, 0.15) is 6.29 Å². The van der Waals surface area contributed by atoms with Crippen molar-refractivity contribution in [1.29, 1.82) is 0 Å². The number of hydrogen-bond acceptors (Lipinski definition) is 3. The van der Waals surface area contributed by atoms with Gasteiger partial charge in [-0.2, -0.15) is 0 Å². The summed E-state index contributed by atoms with van der Waals surface area (Å²) in [5.74, 6) is 1.25. The molecule has 0 amide bonds. The minimum absolute atomic E-state index is 0.540. The van der Waals surface area contributed by atoms with Gasteiger partial charge in [-0.25, -0.2) is 0 Å². The Morgan fingerprint density at radius 2 is 1.88 bits per heavy atom. The van der Waals surface area contributed by atoms with E-state index in [1.54, 1.807) is 14.2 Å². The maximum atomic E-state index is 11.0. The first-order valence-corrected chi connectivity index (χ1v) is 5.64. The zero-order valence-electron chi connectivity index (χ0n) is 9.83. The molecule has 16 heavy (non-hydrogen) atoms. The number of carbonyl (C=O) groups excluding carboxylic acids is 1. The molecule has 0 spiro atoms. The van der Waals surface area contributed by atoms with Crippen LogP contribution in [0.25, 0.3) is 0 Å². The monoisotopic (exact) mass is 286 g/mol. The molecule has 1 aromatic carbocycles. The van der Waals surface area contributed by atoms with Crippen LogP contribution in [0.5, 0.6) is 11.5 Å². The van der Waals surface area contributed by atoms with Crippen LogP contribution in [-0.4, -0.2) is 20.5 Å². The fourth-order valence-corrected chi connectivity index (χ4v) is 1.96. The third-order valence-corrected chi connectivity index (χ3v) is 3.06. The van der Waals surface area contributed by atoms with Crippen molar-refractivity contribution in [2.45, 2.75) is 19.3 Å². The molecule has 1 aromatic rings. The van der Waals surface area contributed by atoms with Crippen LogP contribution in [-0.2, 0) is 10.2 Å². The van der Waals surface area contributed by atoms with Gasteiger partial charge in [-0.15, -0.1) is 0 Å². The van der Waals surface area contributed by atoms with Crippen molar-refractivity contribution in [1.82, 2.24) is 0 Å². The van der Waals surface area contributed by atoms with Gasteiger partial charge in [0.2, 0.25) is 0 Å². The number of ether oxygens (including phenoxy) is 2.